The van der Waals surface area contributed by atoms with Gasteiger partial charge in [-0.25, -0.2) is 29.0 Å². The van der Waals surface area contributed by atoms with Crippen LogP contribution in [0.5, 0.6) is 0 Å². The molecule has 89 heavy (non-hydrogen) atoms. The normalized spacial score (nSPS) is 21.7. The first kappa shape index (κ1) is 55.7. The van der Waals surface area contributed by atoms with Gasteiger partial charge >= 0.3 is 0 Å². The zero-order valence-electron chi connectivity index (χ0n) is 50.7. The van der Waals surface area contributed by atoms with Crippen molar-refractivity contribution in [2.24, 2.45) is 5.92 Å². The van der Waals surface area contributed by atoms with Gasteiger partial charge in [0.05, 0.1) is 36.7 Å². The Balaban J connectivity index is 0.752. The van der Waals surface area contributed by atoms with Gasteiger partial charge in [-0.05, 0) is 94.7 Å². The van der Waals surface area contributed by atoms with Crippen LogP contribution in [0.1, 0.15) is 189 Å². The molecule has 3 fully saturated rings. The fourth-order valence-corrected chi connectivity index (χ4v) is 14.8. The van der Waals surface area contributed by atoms with Crippen LogP contribution in [0.4, 0.5) is 17.5 Å². The van der Waals surface area contributed by atoms with Crippen LogP contribution in [-0.4, -0.2) is 172 Å². The summed E-state index contributed by atoms with van der Waals surface area (Å²) in [6.45, 7) is 6.55. The highest BCUT2D eigenvalue weighted by atomic mass is 16.2. The molecule has 3 aliphatic heterocycles. The van der Waals surface area contributed by atoms with E-state index in [4.69, 9.17) is 50.3 Å². The molecule has 9 aromatic heterocycles. The molecule has 9 aromatic rings. The van der Waals surface area contributed by atoms with Gasteiger partial charge in [0.25, 0.3) is 35.6 Å². The fraction of sp³-hybridized carbons (Fsp3) is 0.492. The number of nitrogens with one attached hydrogen (secondary N) is 2. The van der Waals surface area contributed by atoms with Gasteiger partial charge in [-0.2, -0.15) is 30.2 Å². The van der Waals surface area contributed by atoms with Crippen LogP contribution in [0.25, 0.3) is 34.9 Å². The summed E-state index contributed by atoms with van der Waals surface area (Å²) in [5, 5.41) is 48.3. The van der Waals surface area contributed by atoms with Gasteiger partial charge in [-0.1, -0.05) is 33.6 Å². The van der Waals surface area contributed by atoms with Crippen molar-refractivity contribution in [3.8, 4) is 34.9 Å². The number of amides is 3. The molecule has 30 nitrogen and oxygen atoms in total. The third-order valence-corrected chi connectivity index (χ3v) is 19.0. The molecule has 0 radical (unpaired) electrons. The molecule has 0 aromatic carbocycles. The number of carbonyl (C=O) groups excluding carboxylic acids is 3. The maximum absolute atomic E-state index is 12.9. The van der Waals surface area contributed by atoms with E-state index in [-0.39, 0.29) is 77.2 Å². The Morgan fingerprint density at radius 1 is 0.539 bits per heavy atom. The summed E-state index contributed by atoms with van der Waals surface area (Å²) in [4.78, 5) is 77.5. The lowest BCUT2D eigenvalue weighted by molar-refractivity contribution is 0.0820. The van der Waals surface area contributed by atoms with Crippen LogP contribution in [0.3, 0.4) is 0 Å². The van der Waals surface area contributed by atoms with Crippen molar-refractivity contribution >= 4 is 35.2 Å². The minimum absolute atomic E-state index is 0.00481. The fourth-order valence-electron chi connectivity index (χ4n) is 14.8. The van der Waals surface area contributed by atoms with Crippen LogP contribution in [0.15, 0.2) is 61.7 Å². The van der Waals surface area contributed by atoms with Gasteiger partial charge in [-0.15, -0.1) is 30.6 Å². The van der Waals surface area contributed by atoms with Crippen molar-refractivity contribution in [3.05, 3.63) is 108 Å². The van der Waals surface area contributed by atoms with Gasteiger partial charge in [0.1, 0.15) is 35.0 Å². The maximum Gasteiger partial charge on any atom is 0.273 e. The standard InChI is InChI=1S/C59H69N27O3/c1-8-40-51-70-65-31-78(51)43-28-62-57(79-22-19-37(74-79)54(87)60-4)66-48(43)83(40)35-17-15-32(25-35)26-46-69-72-52-41(9-2)84(49-44(85(46)52)29-63-58(67-49)80-23-20-38(75-80)55(88)61-5)36-18-16-33(27-36)47-71-73-53-42(10-3)82(34-13-11-12-14-34)50-45(86(47)53)30-64-59(68-50)81-24-21-39(76-81)56(89)77(6)7/h19-24,28-36,40-42H,8-18,25-27H2,1-7H3,(H,60,87)(H,61,88). The average Bonchev–Trinajstić information content (AvgIpc) is 1.72. The van der Waals surface area contributed by atoms with Crippen LogP contribution in [0.2, 0.25) is 0 Å². The Morgan fingerprint density at radius 3 is 1.63 bits per heavy atom. The van der Waals surface area contributed by atoms with Crippen molar-refractivity contribution in [1.82, 2.24) is 119 Å². The monoisotopic (exact) mass is 1200 g/mol. The molecule has 3 saturated carbocycles. The van der Waals surface area contributed by atoms with Gasteiger partial charge in [0, 0.05) is 77.2 Å². The Morgan fingerprint density at radius 2 is 1.03 bits per heavy atom. The number of rotatable bonds is 15. The van der Waals surface area contributed by atoms with Gasteiger partial charge in [0.2, 0.25) is 0 Å². The molecule has 0 spiro atoms. The molecule has 0 bridgehead atoms. The maximum atomic E-state index is 12.9. The van der Waals surface area contributed by atoms with Crippen molar-refractivity contribution in [3.63, 3.8) is 0 Å². The van der Waals surface area contributed by atoms with Crippen molar-refractivity contribution < 1.29 is 14.4 Å². The number of anilines is 3. The number of aromatic nitrogens is 21. The summed E-state index contributed by atoms with van der Waals surface area (Å²) >= 11 is 0. The lowest BCUT2D eigenvalue weighted by Crippen LogP contribution is -2.43. The third-order valence-electron chi connectivity index (χ3n) is 19.0. The highest BCUT2D eigenvalue weighted by molar-refractivity contribution is 5.93. The first-order chi connectivity index (χ1) is 43.4. The number of hydrogen-bond donors (Lipinski definition) is 2. The molecule has 30 heteroatoms. The molecule has 458 valence electrons. The summed E-state index contributed by atoms with van der Waals surface area (Å²) in [7, 11) is 6.57. The molecular weight excluding hydrogens is 1130 g/mol. The second-order valence-electron chi connectivity index (χ2n) is 24.2. The minimum atomic E-state index is -0.311. The van der Waals surface area contributed by atoms with Gasteiger partial charge < -0.3 is 30.2 Å². The smallest absolute Gasteiger partial charge is 0.273 e. The largest absolute Gasteiger partial charge is 0.354 e. The van der Waals surface area contributed by atoms with E-state index < -0.39 is 0 Å². The Hall–Kier alpha value is -9.90. The van der Waals surface area contributed by atoms with Crippen molar-refractivity contribution in [2.45, 2.75) is 153 Å². The third kappa shape index (κ3) is 9.09. The predicted octanol–water partition coefficient (Wildman–Crippen LogP) is 5.28. The van der Waals surface area contributed by atoms with E-state index >= 15 is 0 Å². The van der Waals surface area contributed by atoms with E-state index in [1.807, 2.05) is 17.0 Å². The van der Waals surface area contributed by atoms with E-state index in [2.05, 4.69) is 80.7 Å². The average molecular weight is 1200 g/mol. The molecule has 3 aliphatic carbocycles. The summed E-state index contributed by atoms with van der Waals surface area (Å²) in [6.07, 6.45) is 24.8. The Bertz CT molecular complexity index is 4200. The van der Waals surface area contributed by atoms with Gasteiger partial charge in [0.15, 0.2) is 52.0 Å². The van der Waals surface area contributed by atoms with Gasteiger partial charge in [-0.3, -0.25) is 28.1 Å². The molecule has 2 N–H and O–H groups in total. The Labute approximate surface area is 511 Å². The van der Waals surface area contributed by atoms with Crippen LogP contribution in [0, 0.1) is 5.92 Å². The molecule has 15 rings (SSSR count). The number of nitrogens with zero attached hydrogens (tertiary/aromatic N) is 25. The highest BCUT2D eigenvalue weighted by Gasteiger charge is 2.47. The van der Waals surface area contributed by atoms with Crippen molar-refractivity contribution in [1.29, 1.82) is 0 Å². The number of carbonyl (C=O) groups is 3. The topological polar surface area (TPSA) is 311 Å². The predicted molar refractivity (Wildman–Crippen MR) is 321 cm³/mol. The second-order valence-corrected chi connectivity index (χ2v) is 24.2. The van der Waals surface area contributed by atoms with Crippen molar-refractivity contribution in [2.75, 3.05) is 42.9 Å². The SMILES string of the molecule is CCC1c2nncn2-c2cnc(-n3ccc(C(=O)NC)n3)nc2N1C1CCC(Cc2nnc3n2-c2cnc(-n4ccc(C(=O)NC)n4)nc2N(C2CCC(c4nnc5n4-c4cnc(-n6ccc(C(=O)N(C)C)n6)nc4N(C4CCCC4)C5CC)C2)C3CC)C1. The summed E-state index contributed by atoms with van der Waals surface area (Å²) in [5.74, 6) is 7.05. The molecule has 7 unspecified atom stereocenters. The minimum Gasteiger partial charge on any atom is -0.354 e. The first-order valence-corrected chi connectivity index (χ1v) is 31.1. The highest BCUT2D eigenvalue weighted by Crippen LogP contribution is 2.51. The summed E-state index contributed by atoms with van der Waals surface area (Å²) in [5.41, 5.74) is 3.21. The van der Waals surface area contributed by atoms with Crippen LogP contribution < -0.4 is 25.3 Å². The van der Waals surface area contributed by atoms with E-state index in [1.54, 1.807) is 86.9 Å². The molecule has 12 heterocycles. The Kier molecular flexibility index (Phi) is 13.8. The lowest BCUT2D eigenvalue weighted by Gasteiger charge is -2.41. The molecule has 7 atom stereocenters. The summed E-state index contributed by atoms with van der Waals surface area (Å²) in [6, 6.07) is 4.95. The van der Waals surface area contributed by atoms with E-state index in [0.29, 0.717) is 36.4 Å². The first-order valence-electron chi connectivity index (χ1n) is 31.1. The summed E-state index contributed by atoms with van der Waals surface area (Å²) < 4.78 is 11.1. The zero-order chi connectivity index (χ0) is 60.9. The van der Waals surface area contributed by atoms with Crippen LogP contribution in [-0.2, 0) is 6.42 Å². The molecule has 6 aliphatic rings. The van der Waals surface area contributed by atoms with E-state index in [1.165, 1.54) is 9.58 Å². The van der Waals surface area contributed by atoms with E-state index in [0.717, 1.165) is 141 Å². The molecule has 0 saturated heterocycles. The molecular formula is C59H69N27O3. The quantitative estimate of drug-likeness (QED) is 0.132. The zero-order valence-corrected chi connectivity index (χ0v) is 50.7. The second kappa shape index (κ2) is 22.1. The number of hydrogen-bond acceptors (Lipinski definition) is 21. The molecule has 3 amide bonds. The number of fused-ring (bicyclic) bond motifs is 9. The van der Waals surface area contributed by atoms with E-state index in [9.17, 15) is 14.4 Å². The van der Waals surface area contributed by atoms with Crippen LogP contribution >= 0.6 is 0 Å². The lowest BCUT2D eigenvalue weighted by atomic mass is 10.00.